The molecule has 0 aliphatic carbocycles. The summed E-state index contributed by atoms with van der Waals surface area (Å²) in [6.07, 6.45) is 1.64. The number of non-ortho nitro benzene ring substituents is 1. The number of benzene rings is 1. The summed E-state index contributed by atoms with van der Waals surface area (Å²) < 4.78 is 0. The lowest BCUT2D eigenvalue weighted by Gasteiger charge is -1.92. The molecule has 17 heavy (non-hydrogen) atoms. The van der Waals surface area contributed by atoms with Crippen molar-refractivity contribution in [2.45, 2.75) is 6.92 Å². The zero-order valence-electron chi connectivity index (χ0n) is 9.03. The van der Waals surface area contributed by atoms with Gasteiger partial charge >= 0.3 is 0 Å². The molecule has 0 fully saturated rings. The molecule has 1 aromatic heterocycles. The van der Waals surface area contributed by atoms with Gasteiger partial charge in [0, 0.05) is 23.7 Å². The molecule has 5 nitrogen and oxygen atoms in total. The van der Waals surface area contributed by atoms with E-state index in [1.807, 2.05) is 12.3 Å². The summed E-state index contributed by atoms with van der Waals surface area (Å²) in [6.45, 7) is 1.90. The lowest BCUT2D eigenvalue weighted by atomic mass is 10.2. The van der Waals surface area contributed by atoms with E-state index in [0.29, 0.717) is 5.13 Å². The molecule has 1 aromatic carbocycles. The average Bonchev–Trinajstić information content (AvgIpc) is 2.73. The third kappa shape index (κ3) is 2.94. The van der Waals surface area contributed by atoms with Gasteiger partial charge in [0.15, 0.2) is 0 Å². The summed E-state index contributed by atoms with van der Waals surface area (Å²) in [5.74, 6) is 0. The van der Waals surface area contributed by atoms with Crippen molar-refractivity contribution in [3.8, 4) is 0 Å². The molecular weight excluding hydrogens is 238 g/mol. The number of nitro groups is 1. The normalized spacial score (nSPS) is 10.9. The summed E-state index contributed by atoms with van der Waals surface area (Å²) in [7, 11) is 0. The quantitative estimate of drug-likeness (QED) is 0.475. The molecule has 0 radical (unpaired) electrons. The van der Waals surface area contributed by atoms with Crippen LogP contribution in [0.3, 0.4) is 0 Å². The van der Waals surface area contributed by atoms with Gasteiger partial charge in [-0.2, -0.15) is 0 Å². The maximum absolute atomic E-state index is 10.5. The van der Waals surface area contributed by atoms with Gasteiger partial charge in [0.1, 0.15) is 0 Å². The van der Waals surface area contributed by atoms with Gasteiger partial charge in [-0.1, -0.05) is 0 Å². The molecule has 0 bridgehead atoms. The van der Waals surface area contributed by atoms with Crippen LogP contribution in [0, 0.1) is 17.0 Å². The third-order valence-corrected chi connectivity index (χ3v) is 2.90. The SMILES string of the molecule is Cc1csc(N=Cc2ccc([N+](=O)[O-])cc2)n1. The number of hydrogen-bond acceptors (Lipinski definition) is 5. The van der Waals surface area contributed by atoms with Gasteiger partial charge in [0.2, 0.25) is 5.13 Å². The first kappa shape index (κ1) is 11.4. The molecule has 86 valence electrons. The number of rotatable bonds is 3. The molecule has 0 aliphatic heterocycles. The highest BCUT2D eigenvalue weighted by molar-refractivity contribution is 7.13. The van der Waals surface area contributed by atoms with E-state index < -0.39 is 4.92 Å². The standard InChI is InChI=1S/C11H9N3O2S/c1-8-7-17-11(13-8)12-6-9-2-4-10(5-3-9)14(15)16/h2-7H,1H3. The topological polar surface area (TPSA) is 68.4 Å². The van der Waals surface area contributed by atoms with E-state index in [-0.39, 0.29) is 5.69 Å². The predicted octanol–water partition coefficient (Wildman–Crippen LogP) is 3.11. The molecule has 0 aliphatic rings. The van der Waals surface area contributed by atoms with Gasteiger partial charge in [0.05, 0.1) is 10.6 Å². The first-order chi connectivity index (χ1) is 8.15. The van der Waals surface area contributed by atoms with Gasteiger partial charge in [-0.25, -0.2) is 9.98 Å². The van der Waals surface area contributed by atoms with Crippen molar-refractivity contribution in [2.24, 2.45) is 4.99 Å². The first-order valence-electron chi connectivity index (χ1n) is 4.86. The van der Waals surface area contributed by atoms with Crippen LogP contribution in [0.25, 0.3) is 0 Å². The van der Waals surface area contributed by atoms with Crippen molar-refractivity contribution in [3.05, 3.63) is 51.0 Å². The van der Waals surface area contributed by atoms with Gasteiger partial charge in [0.25, 0.3) is 5.69 Å². The highest BCUT2D eigenvalue weighted by Gasteiger charge is 2.02. The number of nitrogens with zero attached hydrogens (tertiary/aromatic N) is 3. The predicted molar refractivity (Wildman–Crippen MR) is 67.2 cm³/mol. The van der Waals surface area contributed by atoms with E-state index >= 15 is 0 Å². The Hall–Kier alpha value is -2.08. The maximum atomic E-state index is 10.5. The Morgan fingerprint density at radius 2 is 2.12 bits per heavy atom. The van der Waals surface area contributed by atoms with Crippen molar-refractivity contribution >= 4 is 28.4 Å². The highest BCUT2D eigenvalue weighted by atomic mass is 32.1. The number of aromatic nitrogens is 1. The number of aryl methyl sites for hydroxylation is 1. The van der Waals surface area contributed by atoms with Crippen molar-refractivity contribution in [2.75, 3.05) is 0 Å². The second-order valence-electron chi connectivity index (χ2n) is 3.38. The maximum Gasteiger partial charge on any atom is 0.269 e. The minimum absolute atomic E-state index is 0.0762. The Balaban J connectivity index is 2.13. The molecule has 2 aromatic rings. The number of aliphatic imine (C=N–C) groups is 1. The molecule has 2 rings (SSSR count). The minimum atomic E-state index is -0.425. The number of thiazole rings is 1. The van der Waals surface area contributed by atoms with Crippen LogP contribution in [0.15, 0.2) is 34.6 Å². The lowest BCUT2D eigenvalue weighted by molar-refractivity contribution is -0.384. The smallest absolute Gasteiger partial charge is 0.258 e. The molecule has 0 atom stereocenters. The monoisotopic (exact) mass is 247 g/mol. The Bertz CT molecular complexity index is 560. The molecule has 0 N–H and O–H groups in total. The summed E-state index contributed by atoms with van der Waals surface area (Å²) >= 11 is 1.46. The second kappa shape index (κ2) is 4.84. The average molecular weight is 247 g/mol. The number of hydrogen-bond donors (Lipinski definition) is 0. The summed E-state index contributed by atoms with van der Waals surface area (Å²) in [4.78, 5) is 18.4. The Morgan fingerprint density at radius 3 is 2.65 bits per heavy atom. The van der Waals surface area contributed by atoms with E-state index in [9.17, 15) is 10.1 Å². The third-order valence-electron chi connectivity index (χ3n) is 2.03. The van der Waals surface area contributed by atoms with Gasteiger partial charge in [-0.15, -0.1) is 11.3 Å². The fourth-order valence-electron chi connectivity index (χ4n) is 1.21. The summed E-state index contributed by atoms with van der Waals surface area (Å²) in [5.41, 5.74) is 1.82. The van der Waals surface area contributed by atoms with Crippen LogP contribution in [0.5, 0.6) is 0 Å². The molecule has 6 heteroatoms. The van der Waals surface area contributed by atoms with Crippen molar-refractivity contribution in [3.63, 3.8) is 0 Å². The minimum Gasteiger partial charge on any atom is -0.258 e. The molecule has 0 spiro atoms. The van der Waals surface area contributed by atoms with E-state index in [4.69, 9.17) is 0 Å². The Labute approximate surface area is 102 Å². The van der Waals surface area contributed by atoms with Crippen LogP contribution in [-0.2, 0) is 0 Å². The van der Waals surface area contributed by atoms with Crippen LogP contribution in [0.4, 0.5) is 10.8 Å². The molecule has 0 amide bonds. The second-order valence-corrected chi connectivity index (χ2v) is 4.21. The van der Waals surface area contributed by atoms with E-state index in [1.165, 1.54) is 23.5 Å². The van der Waals surface area contributed by atoms with Crippen LogP contribution in [0.2, 0.25) is 0 Å². The van der Waals surface area contributed by atoms with Gasteiger partial charge < -0.3 is 0 Å². The Kier molecular flexibility index (Phi) is 3.24. The zero-order valence-corrected chi connectivity index (χ0v) is 9.85. The largest absolute Gasteiger partial charge is 0.269 e. The summed E-state index contributed by atoms with van der Waals surface area (Å²) in [5, 5.41) is 13.1. The van der Waals surface area contributed by atoms with Crippen LogP contribution in [-0.4, -0.2) is 16.1 Å². The molecule has 0 saturated carbocycles. The number of nitro benzene ring substituents is 1. The van der Waals surface area contributed by atoms with Gasteiger partial charge in [-0.3, -0.25) is 10.1 Å². The fraction of sp³-hybridized carbons (Fsp3) is 0.0909. The zero-order chi connectivity index (χ0) is 12.3. The lowest BCUT2D eigenvalue weighted by Crippen LogP contribution is -1.88. The summed E-state index contributed by atoms with van der Waals surface area (Å²) in [6, 6.07) is 6.22. The Morgan fingerprint density at radius 1 is 1.41 bits per heavy atom. The van der Waals surface area contributed by atoms with Crippen LogP contribution < -0.4 is 0 Å². The van der Waals surface area contributed by atoms with E-state index in [2.05, 4.69) is 9.98 Å². The molecule has 1 heterocycles. The highest BCUT2D eigenvalue weighted by Crippen LogP contribution is 2.18. The van der Waals surface area contributed by atoms with Crippen molar-refractivity contribution in [1.29, 1.82) is 0 Å². The van der Waals surface area contributed by atoms with Crippen molar-refractivity contribution in [1.82, 2.24) is 4.98 Å². The molecule has 0 saturated heterocycles. The van der Waals surface area contributed by atoms with E-state index in [1.54, 1.807) is 18.3 Å². The van der Waals surface area contributed by atoms with E-state index in [0.717, 1.165) is 11.3 Å². The van der Waals surface area contributed by atoms with Crippen LogP contribution >= 0.6 is 11.3 Å². The van der Waals surface area contributed by atoms with Crippen molar-refractivity contribution < 1.29 is 4.92 Å². The molecule has 0 unspecified atom stereocenters. The molecular formula is C11H9N3O2S. The van der Waals surface area contributed by atoms with Crippen LogP contribution in [0.1, 0.15) is 11.3 Å². The fourth-order valence-corrected chi connectivity index (χ4v) is 1.85. The first-order valence-corrected chi connectivity index (χ1v) is 5.74. The van der Waals surface area contributed by atoms with Gasteiger partial charge in [-0.05, 0) is 24.6 Å².